The van der Waals surface area contributed by atoms with Crippen LogP contribution in [0.2, 0.25) is 0 Å². The summed E-state index contributed by atoms with van der Waals surface area (Å²) in [5, 5.41) is 15.8. The van der Waals surface area contributed by atoms with Crippen LogP contribution >= 0.6 is 11.8 Å². The van der Waals surface area contributed by atoms with E-state index in [-0.39, 0.29) is 30.6 Å². The van der Waals surface area contributed by atoms with Crippen LogP contribution in [0.1, 0.15) is 36.1 Å². The van der Waals surface area contributed by atoms with Gasteiger partial charge in [-0.15, -0.1) is 11.8 Å². The van der Waals surface area contributed by atoms with Crippen LogP contribution in [0.5, 0.6) is 0 Å². The number of nitrogens with zero attached hydrogens (tertiary/aromatic N) is 3. The maximum absolute atomic E-state index is 13.1. The predicted octanol–water partition coefficient (Wildman–Crippen LogP) is 6.17. The summed E-state index contributed by atoms with van der Waals surface area (Å²) < 4.78 is 89.7. The van der Waals surface area contributed by atoms with E-state index in [4.69, 9.17) is 9.47 Å². The number of hydrogen-bond donors (Lipinski definition) is 1. The maximum Gasteiger partial charge on any atom is 0.416 e. The molecule has 1 N–H and O–H groups in total. The fourth-order valence-electron chi connectivity index (χ4n) is 4.28. The Balaban J connectivity index is 1.43. The monoisotopic (exact) mass is 587 g/mol. The van der Waals surface area contributed by atoms with Crippen molar-refractivity contribution in [2.45, 2.75) is 54.6 Å². The van der Waals surface area contributed by atoms with Crippen LogP contribution in [-0.2, 0) is 34.0 Å². The molecule has 3 aromatic rings. The lowest BCUT2D eigenvalue weighted by atomic mass is 9.82. The number of halogens is 6. The van der Waals surface area contributed by atoms with Gasteiger partial charge in [0.15, 0.2) is 6.29 Å². The summed E-state index contributed by atoms with van der Waals surface area (Å²) in [4.78, 5) is 3.90. The number of alkyl halides is 6. The average Bonchev–Trinajstić information content (AvgIpc) is 3.40. The average molecular weight is 588 g/mol. The van der Waals surface area contributed by atoms with Crippen molar-refractivity contribution in [3.05, 3.63) is 89.5 Å². The molecule has 216 valence electrons. The summed E-state index contributed by atoms with van der Waals surface area (Å²) in [6.07, 6.45) is -3.73. The maximum atomic E-state index is 13.1. The highest BCUT2D eigenvalue weighted by molar-refractivity contribution is 8.01. The molecule has 0 bridgehead atoms. The number of ether oxygens (including phenoxy) is 2. The van der Waals surface area contributed by atoms with Gasteiger partial charge in [-0.3, -0.25) is 0 Å². The molecule has 1 fully saturated rings. The number of benzene rings is 2. The summed E-state index contributed by atoms with van der Waals surface area (Å²) in [7, 11) is 0. The van der Waals surface area contributed by atoms with Gasteiger partial charge in [-0.05, 0) is 55.3 Å². The van der Waals surface area contributed by atoms with E-state index in [2.05, 4.69) is 10.1 Å². The Hall–Kier alpha value is -2.87. The largest absolute Gasteiger partial charge is 0.416 e. The first-order valence-electron chi connectivity index (χ1n) is 12.2. The van der Waals surface area contributed by atoms with Crippen molar-refractivity contribution in [1.29, 1.82) is 0 Å². The molecule has 1 aliphatic rings. The van der Waals surface area contributed by atoms with Gasteiger partial charge >= 0.3 is 12.4 Å². The van der Waals surface area contributed by atoms with E-state index < -0.39 is 40.1 Å². The van der Waals surface area contributed by atoms with Crippen molar-refractivity contribution in [2.24, 2.45) is 0 Å². The fraction of sp³-hybridized carbons (Fsp3) is 0.407. The molecular weight excluding hydrogens is 560 g/mol. The molecule has 0 aliphatic carbocycles. The minimum Gasteiger partial charge on any atom is -0.382 e. The minimum atomic E-state index is -4.51. The third-order valence-corrected chi connectivity index (χ3v) is 8.11. The second kappa shape index (κ2) is 11.6. The van der Waals surface area contributed by atoms with Crippen LogP contribution in [0.25, 0.3) is 6.08 Å². The molecule has 1 atom stereocenters. The van der Waals surface area contributed by atoms with Gasteiger partial charge in [0.05, 0.1) is 36.1 Å². The summed E-state index contributed by atoms with van der Waals surface area (Å²) in [6, 6.07) is 9.07. The van der Waals surface area contributed by atoms with Crippen LogP contribution in [0.15, 0.2) is 67.3 Å². The topological polar surface area (TPSA) is 69.4 Å². The standard InChI is InChI=1S/C27H27F6N3O3S/c1-24(2,25(37,15-36-17-34-16-35-36)19-8-10-21(11-9-19)27(31,32)33)40-22-13-38-23(39-14-22)12-5-18-3-6-20(7-4-18)26(28,29)30/h3-12,16-17,22-23,37H,13-15H2,1-2H3/b12-5+/t22?,23?,25-/m1/s1. The number of rotatable bonds is 8. The molecule has 2 aromatic carbocycles. The Morgan fingerprint density at radius 2 is 1.43 bits per heavy atom. The first-order chi connectivity index (χ1) is 18.7. The molecule has 1 saturated heterocycles. The van der Waals surface area contributed by atoms with Crippen LogP contribution in [0.3, 0.4) is 0 Å². The van der Waals surface area contributed by atoms with Gasteiger partial charge in [0, 0.05) is 4.75 Å². The summed E-state index contributed by atoms with van der Waals surface area (Å²) in [5.74, 6) is 0. The third-order valence-electron chi connectivity index (χ3n) is 6.58. The quantitative estimate of drug-likeness (QED) is 0.318. The molecule has 0 amide bonds. The van der Waals surface area contributed by atoms with Crippen LogP contribution in [0.4, 0.5) is 26.3 Å². The highest BCUT2D eigenvalue weighted by Crippen LogP contribution is 2.46. The van der Waals surface area contributed by atoms with E-state index >= 15 is 0 Å². The Morgan fingerprint density at radius 3 is 1.93 bits per heavy atom. The predicted molar refractivity (Wildman–Crippen MR) is 137 cm³/mol. The van der Waals surface area contributed by atoms with Crippen molar-refractivity contribution >= 4 is 17.8 Å². The second-order valence-corrected chi connectivity index (χ2v) is 11.7. The number of thioether (sulfide) groups is 1. The normalized spacial score (nSPS) is 20.5. The minimum absolute atomic E-state index is 0.0642. The van der Waals surface area contributed by atoms with Gasteiger partial charge in [0.25, 0.3) is 0 Å². The van der Waals surface area contributed by atoms with Crippen molar-refractivity contribution in [3.63, 3.8) is 0 Å². The first-order valence-corrected chi connectivity index (χ1v) is 13.0. The number of hydrogen-bond acceptors (Lipinski definition) is 6. The van der Waals surface area contributed by atoms with E-state index in [1.165, 1.54) is 53.4 Å². The zero-order chi connectivity index (χ0) is 29.2. The second-order valence-electron chi connectivity index (χ2n) is 9.79. The smallest absolute Gasteiger partial charge is 0.382 e. The molecule has 0 saturated carbocycles. The highest BCUT2D eigenvalue weighted by atomic mass is 32.2. The van der Waals surface area contributed by atoms with Gasteiger partial charge in [0.2, 0.25) is 0 Å². The first kappa shape index (κ1) is 30.1. The van der Waals surface area contributed by atoms with Crippen molar-refractivity contribution < 1.29 is 40.9 Å². The van der Waals surface area contributed by atoms with Crippen molar-refractivity contribution in [2.75, 3.05) is 13.2 Å². The van der Waals surface area contributed by atoms with E-state index in [0.717, 1.165) is 24.3 Å². The van der Waals surface area contributed by atoms with E-state index in [0.29, 0.717) is 5.56 Å². The third kappa shape index (κ3) is 7.06. The van der Waals surface area contributed by atoms with E-state index in [1.807, 2.05) is 0 Å². The molecule has 1 aliphatic heterocycles. The van der Waals surface area contributed by atoms with Gasteiger partial charge in [-0.25, -0.2) is 9.67 Å². The Labute approximate surface area is 231 Å². The molecule has 4 rings (SSSR count). The zero-order valence-corrected chi connectivity index (χ0v) is 22.3. The SMILES string of the molecule is CC(C)(SC1COC(/C=C/c2ccc(C(F)(F)F)cc2)OC1)[C@@](O)(Cn1cncn1)c1ccc(C(F)(F)F)cc1. The van der Waals surface area contributed by atoms with Crippen LogP contribution < -0.4 is 0 Å². The van der Waals surface area contributed by atoms with Crippen molar-refractivity contribution in [1.82, 2.24) is 14.8 Å². The molecule has 0 unspecified atom stereocenters. The molecule has 1 aromatic heterocycles. The summed E-state index contributed by atoms with van der Waals surface area (Å²) in [6.45, 7) is 3.97. The van der Waals surface area contributed by atoms with E-state index in [1.54, 1.807) is 26.0 Å². The number of aliphatic hydroxyl groups is 1. The van der Waals surface area contributed by atoms with Gasteiger partial charge in [-0.2, -0.15) is 31.4 Å². The molecule has 6 nitrogen and oxygen atoms in total. The zero-order valence-electron chi connectivity index (χ0n) is 21.5. The molecule has 40 heavy (non-hydrogen) atoms. The summed E-state index contributed by atoms with van der Waals surface area (Å²) in [5.41, 5.74) is -2.39. The fourth-order valence-corrected chi connectivity index (χ4v) is 5.78. The molecule has 13 heteroatoms. The number of aromatic nitrogens is 3. The lowest BCUT2D eigenvalue weighted by Crippen LogP contribution is -2.50. The summed E-state index contributed by atoms with van der Waals surface area (Å²) >= 11 is 1.36. The van der Waals surface area contributed by atoms with E-state index in [9.17, 15) is 31.4 Å². The molecule has 0 radical (unpaired) electrons. The Morgan fingerprint density at radius 1 is 0.900 bits per heavy atom. The lowest BCUT2D eigenvalue weighted by Gasteiger charge is -2.45. The van der Waals surface area contributed by atoms with Gasteiger partial charge in [-0.1, -0.05) is 30.3 Å². The van der Waals surface area contributed by atoms with Crippen molar-refractivity contribution in [3.8, 4) is 0 Å². The molecular formula is C27H27F6N3O3S. The molecule has 0 spiro atoms. The highest BCUT2D eigenvalue weighted by Gasteiger charge is 2.48. The Bertz CT molecular complexity index is 1270. The van der Waals surface area contributed by atoms with Crippen LogP contribution in [-0.4, -0.2) is 49.4 Å². The molecule has 2 heterocycles. The Kier molecular flexibility index (Phi) is 8.69. The lowest BCUT2D eigenvalue weighted by molar-refractivity contribution is -0.146. The van der Waals surface area contributed by atoms with Crippen LogP contribution in [0, 0.1) is 0 Å². The van der Waals surface area contributed by atoms with Gasteiger partial charge in [0.1, 0.15) is 18.3 Å². The van der Waals surface area contributed by atoms with Gasteiger partial charge < -0.3 is 14.6 Å².